The van der Waals surface area contributed by atoms with Gasteiger partial charge >= 0.3 is 0 Å². The zero-order chi connectivity index (χ0) is 14.5. The van der Waals surface area contributed by atoms with Crippen molar-refractivity contribution in [2.45, 2.75) is 32.3 Å². The first-order chi connectivity index (χ1) is 9.58. The minimum atomic E-state index is -0.873. The number of aliphatic hydroxyl groups is 1. The summed E-state index contributed by atoms with van der Waals surface area (Å²) in [7, 11) is 0. The number of hydrogen-bond acceptors (Lipinski definition) is 1. The fourth-order valence-electron chi connectivity index (χ4n) is 2.19. The van der Waals surface area contributed by atoms with Gasteiger partial charge in [0, 0.05) is 0 Å². The van der Waals surface area contributed by atoms with Gasteiger partial charge in [-0.1, -0.05) is 37.3 Å². The molecule has 1 atom stereocenters. The Balaban J connectivity index is 1.97. The Kier molecular flexibility index (Phi) is 4.85. The Morgan fingerprint density at radius 2 is 1.40 bits per heavy atom. The van der Waals surface area contributed by atoms with Gasteiger partial charge in [-0.05, 0) is 48.1 Å². The maximum absolute atomic E-state index is 13.1. The van der Waals surface area contributed by atoms with E-state index in [1.54, 1.807) is 0 Å². The monoisotopic (exact) mass is 276 g/mol. The molecule has 0 saturated carbocycles. The van der Waals surface area contributed by atoms with Gasteiger partial charge in [0.15, 0.2) is 11.6 Å². The van der Waals surface area contributed by atoms with Crippen LogP contribution in [0.1, 0.15) is 23.6 Å². The first-order valence-electron chi connectivity index (χ1n) is 6.78. The average Bonchev–Trinajstić information content (AvgIpc) is 2.44. The van der Waals surface area contributed by atoms with Gasteiger partial charge < -0.3 is 5.11 Å². The van der Waals surface area contributed by atoms with E-state index in [1.165, 1.54) is 11.6 Å². The number of aryl methyl sites for hydroxylation is 1. The largest absolute Gasteiger partial charge is 0.392 e. The van der Waals surface area contributed by atoms with Crippen molar-refractivity contribution in [3.8, 4) is 0 Å². The topological polar surface area (TPSA) is 20.2 Å². The molecule has 0 aliphatic rings. The van der Waals surface area contributed by atoms with Crippen LogP contribution in [-0.2, 0) is 19.3 Å². The standard InChI is InChI=1S/C17H18F2O/c1-2-12-3-5-13(6-4-12)9-15(20)10-14-7-8-16(18)17(19)11-14/h3-8,11,15,20H,2,9-10H2,1H3. The highest BCUT2D eigenvalue weighted by molar-refractivity contribution is 5.24. The molecule has 20 heavy (non-hydrogen) atoms. The second-order valence-electron chi connectivity index (χ2n) is 4.98. The Hall–Kier alpha value is -1.74. The Labute approximate surface area is 117 Å². The highest BCUT2D eigenvalue weighted by Gasteiger charge is 2.09. The van der Waals surface area contributed by atoms with E-state index >= 15 is 0 Å². The van der Waals surface area contributed by atoms with Crippen LogP contribution in [0, 0.1) is 11.6 Å². The van der Waals surface area contributed by atoms with Gasteiger partial charge in [0.1, 0.15) is 0 Å². The summed E-state index contributed by atoms with van der Waals surface area (Å²) in [5.41, 5.74) is 2.89. The summed E-state index contributed by atoms with van der Waals surface area (Å²) in [6, 6.07) is 11.8. The maximum Gasteiger partial charge on any atom is 0.159 e. The van der Waals surface area contributed by atoms with E-state index < -0.39 is 17.7 Å². The van der Waals surface area contributed by atoms with E-state index in [1.807, 2.05) is 24.3 Å². The van der Waals surface area contributed by atoms with Crippen LogP contribution < -0.4 is 0 Å². The molecule has 0 spiro atoms. The van der Waals surface area contributed by atoms with Crippen molar-refractivity contribution >= 4 is 0 Å². The lowest BCUT2D eigenvalue weighted by molar-refractivity contribution is 0.175. The lowest BCUT2D eigenvalue weighted by Crippen LogP contribution is -2.14. The van der Waals surface area contributed by atoms with Crippen molar-refractivity contribution in [2.24, 2.45) is 0 Å². The van der Waals surface area contributed by atoms with Crippen LogP contribution >= 0.6 is 0 Å². The van der Waals surface area contributed by atoms with Crippen molar-refractivity contribution in [3.63, 3.8) is 0 Å². The van der Waals surface area contributed by atoms with Crippen molar-refractivity contribution < 1.29 is 13.9 Å². The Morgan fingerprint density at radius 1 is 0.850 bits per heavy atom. The summed E-state index contributed by atoms with van der Waals surface area (Å²) in [6.07, 6.45) is 1.19. The summed E-state index contributed by atoms with van der Waals surface area (Å²) >= 11 is 0. The van der Waals surface area contributed by atoms with Gasteiger partial charge in [-0.3, -0.25) is 0 Å². The molecule has 0 saturated heterocycles. The molecule has 0 aliphatic carbocycles. The quantitative estimate of drug-likeness (QED) is 0.883. The third-order valence-electron chi connectivity index (χ3n) is 3.36. The van der Waals surface area contributed by atoms with Crippen LogP contribution in [0.5, 0.6) is 0 Å². The first kappa shape index (κ1) is 14.7. The normalized spacial score (nSPS) is 12.4. The zero-order valence-electron chi connectivity index (χ0n) is 11.4. The summed E-state index contributed by atoms with van der Waals surface area (Å²) in [6.45, 7) is 2.09. The smallest absolute Gasteiger partial charge is 0.159 e. The van der Waals surface area contributed by atoms with Gasteiger partial charge in [0.25, 0.3) is 0 Å². The molecule has 2 aromatic carbocycles. The molecule has 0 aromatic heterocycles. The second kappa shape index (κ2) is 6.62. The van der Waals surface area contributed by atoms with Gasteiger partial charge in [0.2, 0.25) is 0 Å². The lowest BCUT2D eigenvalue weighted by atomic mass is 10.00. The SMILES string of the molecule is CCc1ccc(CC(O)Cc2ccc(F)c(F)c2)cc1. The molecule has 0 fully saturated rings. The molecule has 0 amide bonds. The van der Waals surface area contributed by atoms with Crippen LogP contribution in [-0.4, -0.2) is 11.2 Å². The highest BCUT2D eigenvalue weighted by atomic mass is 19.2. The van der Waals surface area contributed by atoms with Gasteiger partial charge in [-0.25, -0.2) is 8.78 Å². The minimum Gasteiger partial charge on any atom is -0.392 e. The molecule has 1 N–H and O–H groups in total. The highest BCUT2D eigenvalue weighted by Crippen LogP contribution is 2.13. The van der Waals surface area contributed by atoms with Crippen LogP contribution in [0.4, 0.5) is 8.78 Å². The van der Waals surface area contributed by atoms with Crippen molar-refractivity contribution in [2.75, 3.05) is 0 Å². The summed E-state index contributed by atoms with van der Waals surface area (Å²) in [5.74, 6) is -1.74. The maximum atomic E-state index is 13.1. The number of halogens is 2. The summed E-state index contributed by atoms with van der Waals surface area (Å²) in [5, 5.41) is 10.0. The summed E-state index contributed by atoms with van der Waals surface area (Å²) in [4.78, 5) is 0. The lowest BCUT2D eigenvalue weighted by Gasteiger charge is -2.11. The fraction of sp³-hybridized carbons (Fsp3) is 0.294. The molecule has 0 radical (unpaired) electrons. The van der Waals surface area contributed by atoms with Gasteiger partial charge in [-0.15, -0.1) is 0 Å². The minimum absolute atomic E-state index is 0.312. The molecule has 3 heteroatoms. The predicted octanol–water partition coefficient (Wildman–Crippen LogP) is 3.67. The second-order valence-corrected chi connectivity index (χ2v) is 4.98. The van der Waals surface area contributed by atoms with Gasteiger partial charge in [-0.2, -0.15) is 0 Å². The fourth-order valence-corrected chi connectivity index (χ4v) is 2.19. The van der Waals surface area contributed by atoms with E-state index in [0.717, 1.165) is 24.1 Å². The molecule has 2 aromatic rings. The van der Waals surface area contributed by atoms with E-state index in [0.29, 0.717) is 18.4 Å². The Bertz CT molecular complexity index is 564. The van der Waals surface area contributed by atoms with Crippen LogP contribution in [0.15, 0.2) is 42.5 Å². The van der Waals surface area contributed by atoms with Gasteiger partial charge in [0.05, 0.1) is 6.10 Å². The molecule has 106 valence electrons. The van der Waals surface area contributed by atoms with E-state index in [9.17, 15) is 13.9 Å². The zero-order valence-corrected chi connectivity index (χ0v) is 11.4. The third kappa shape index (κ3) is 3.87. The molecular weight excluding hydrogens is 258 g/mol. The van der Waals surface area contributed by atoms with E-state index in [-0.39, 0.29) is 0 Å². The molecule has 0 aliphatic heterocycles. The van der Waals surface area contributed by atoms with E-state index in [2.05, 4.69) is 6.92 Å². The number of hydrogen-bond donors (Lipinski definition) is 1. The molecule has 0 bridgehead atoms. The number of rotatable bonds is 5. The summed E-state index contributed by atoms with van der Waals surface area (Å²) < 4.78 is 25.9. The molecule has 1 nitrogen and oxygen atoms in total. The Morgan fingerprint density at radius 3 is 2.00 bits per heavy atom. The van der Waals surface area contributed by atoms with Crippen LogP contribution in [0.3, 0.4) is 0 Å². The average molecular weight is 276 g/mol. The number of aliphatic hydroxyl groups excluding tert-OH is 1. The third-order valence-corrected chi connectivity index (χ3v) is 3.36. The molecular formula is C17H18F2O. The van der Waals surface area contributed by atoms with E-state index in [4.69, 9.17) is 0 Å². The van der Waals surface area contributed by atoms with Crippen molar-refractivity contribution in [1.29, 1.82) is 0 Å². The van der Waals surface area contributed by atoms with Crippen LogP contribution in [0.25, 0.3) is 0 Å². The van der Waals surface area contributed by atoms with Crippen molar-refractivity contribution in [3.05, 3.63) is 70.8 Å². The molecule has 2 rings (SSSR count). The molecule has 0 heterocycles. The number of benzene rings is 2. The first-order valence-corrected chi connectivity index (χ1v) is 6.78. The van der Waals surface area contributed by atoms with Crippen LogP contribution in [0.2, 0.25) is 0 Å². The predicted molar refractivity (Wildman–Crippen MR) is 75.6 cm³/mol. The molecule has 1 unspecified atom stereocenters. The van der Waals surface area contributed by atoms with Crippen molar-refractivity contribution in [1.82, 2.24) is 0 Å².